The van der Waals surface area contributed by atoms with Gasteiger partial charge in [0.2, 0.25) is 5.91 Å². The zero-order valence-corrected chi connectivity index (χ0v) is 17.2. The minimum absolute atomic E-state index is 0.0456. The third-order valence-electron chi connectivity index (χ3n) is 4.05. The Labute approximate surface area is 173 Å². The zero-order chi connectivity index (χ0) is 20.1. The molecule has 0 saturated carbocycles. The number of carbonyl (C=O) groups excluding carboxylic acids is 2. The maximum atomic E-state index is 12.5. The maximum Gasteiger partial charge on any atom is 0.266 e. The highest BCUT2D eigenvalue weighted by molar-refractivity contribution is 8.26. The standard InChI is InChI=1S/C19H18N2O4S3/c22-17(20-15-10-12-28(24,25)13-15)9-11-21-18(23)16(27-19(21)26)8-4-7-14-5-2-1-3-6-14/h1-8,10,12,15H,9,11,13H2,(H,20,22)/b7-4+,16-8-/t15-/m1/s1. The van der Waals surface area contributed by atoms with Gasteiger partial charge in [0, 0.05) is 18.4 Å². The van der Waals surface area contributed by atoms with E-state index in [1.807, 2.05) is 36.4 Å². The molecule has 0 unspecified atom stereocenters. The molecule has 28 heavy (non-hydrogen) atoms. The van der Waals surface area contributed by atoms with E-state index < -0.39 is 15.9 Å². The molecule has 1 fully saturated rings. The monoisotopic (exact) mass is 434 g/mol. The van der Waals surface area contributed by atoms with E-state index in [1.165, 1.54) is 22.7 Å². The van der Waals surface area contributed by atoms with Crippen molar-refractivity contribution in [1.82, 2.24) is 10.2 Å². The number of nitrogens with zero attached hydrogens (tertiary/aromatic N) is 1. The number of amides is 2. The first kappa shape index (κ1) is 20.5. The van der Waals surface area contributed by atoms with E-state index in [4.69, 9.17) is 12.2 Å². The molecular formula is C19H18N2O4S3. The van der Waals surface area contributed by atoms with Gasteiger partial charge in [0.1, 0.15) is 4.32 Å². The van der Waals surface area contributed by atoms with Crippen molar-refractivity contribution in [2.45, 2.75) is 12.5 Å². The summed E-state index contributed by atoms with van der Waals surface area (Å²) >= 11 is 6.44. The summed E-state index contributed by atoms with van der Waals surface area (Å²) in [4.78, 5) is 26.4. The Morgan fingerprint density at radius 2 is 2.07 bits per heavy atom. The highest BCUT2D eigenvalue weighted by Crippen LogP contribution is 2.31. The van der Waals surface area contributed by atoms with Gasteiger partial charge in [0.05, 0.1) is 16.7 Å². The molecule has 3 rings (SSSR count). The van der Waals surface area contributed by atoms with Crippen LogP contribution in [0.2, 0.25) is 0 Å². The number of benzene rings is 1. The molecule has 6 nitrogen and oxygen atoms in total. The summed E-state index contributed by atoms with van der Waals surface area (Å²) in [5, 5.41) is 3.74. The average molecular weight is 435 g/mol. The normalized spacial score (nSPS) is 22.5. The van der Waals surface area contributed by atoms with Crippen LogP contribution in [0.15, 0.2) is 58.9 Å². The third kappa shape index (κ3) is 5.40. The number of thiocarbonyl (C=S) groups is 1. The van der Waals surface area contributed by atoms with E-state index in [9.17, 15) is 18.0 Å². The Balaban J connectivity index is 1.52. The second-order valence-electron chi connectivity index (χ2n) is 6.21. The summed E-state index contributed by atoms with van der Waals surface area (Å²) in [5.74, 6) is -0.686. The predicted molar refractivity (Wildman–Crippen MR) is 115 cm³/mol. The van der Waals surface area contributed by atoms with Gasteiger partial charge in [0.25, 0.3) is 5.91 Å². The van der Waals surface area contributed by atoms with Crippen molar-refractivity contribution in [3.8, 4) is 0 Å². The van der Waals surface area contributed by atoms with Crippen LogP contribution < -0.4 is 5.32 Å². The van der Waals surface area contributed by atoms with Crippen LogP contribution in [0.25, 0.3) is 6.08 Å². The summed E-state index contributed by atoms with van der Waals surface area (Å²) in [5.41, 5.74) is 1.02. The number of hydrogen-bond acceptors (Lipinski definition) is 6. The van der Waals surface area contributed by atoms with Crippen LogP contribution in [0.1, 0.15) is 12.0 Å². The zero-order valence-electron chi connectivity index (χ0n) is 14.8. The largest absolute Gasteiger partial charge is 0.349 e. The predicted octanol–water partition coefficient (Wildman–Crippen LogP) is 2.26. The molecule has 2 amide bonds. The molecule has 2 aliphatic heterocycles. The van der Waals surface area contributed by atoms with Gasteiger partial charge in [-0.05, 0) is 17.7 Å². The number of rotatable bonds is 6. The third-order valence-corrected chi connectivity index (χ3v) is 6.84. The maximum absolute atomic E-state index is 12.5. The quantitative estimate of drug-likeness (QED) is 0.546. The summed E-state index contributed by atoms with van der Waals surface area (Å²) in [7, 11) is -3.22. The van der Waals surface area contributed by atoms with E-state index in [1.54, 1.807) is 12.2 Å². The summed E-state index contributed by atoms with van der Waals surface area (Å²) in [6.07, 6.45) is 6.89. The van der Waals surface area contributed by atoms with Crippen molar-refractivity contribution < 1.29 is 18.0 Å². The minimum Gasteiger partial charge on any atom is -0.349 e. The minimum atomic E-state index is -3.22. The smallest absolute Gasteiger partial charge is 0.266 e. The van der Waals surface area contributed by atoms with Gasteiger partial charge in [-0.3, -0.25) is 14.5 Å². The fraction of sp³-hybridized carbons (Fsp3) is 0.211. The van der Waals surface area contributed by atoms with Gasteiger partial charge < -0.3 is 5.32 Å². The van der Waals surface area contributed by atoms with Crippen molar-refractivity contribution in [3.63, 3.8) is 0 Å². The molecule has 2 heterocycles. The van der Waals surface area contributed by atoms with Crippen LogP contribution in [0.4, 0.5) is 0 Å². The fourth-order valence-electron chi connectivity index (χ4n) is 2.68. The van der Waals surface area contributed by atoms with Crippen molar-refractivity contribution in [3.05, 3.63) is 64.4 Å². The summed E-state index contributed by atoms with van der Waals surface area (Å²) < 4.78 is 23.1. The van der Waals surface area contributed by atoms with Crippen LogP contribution in [0, 0.1) is 0 Å². The number of hydrogen-bond donors (Lipinski definition) is 1. The molecule has 2 aliphatic rings. The fourth-order valence-corrected chi connectivity index (χ4v) is 5.17. The molecule has 0 aromatic heterocycles. The SMILES string of the molecule is O=C(CCN1C(=O)/C(=C/C=C/c2ccccc2)SC1=S)N[C@@H]1C=CS(=O)(=O)C1. The van der Waals surface area contributed by atoms with Crippen LogP contribution in [-0.4, -0.2) is 47.8 Å². The molecule has 0 radical (unpaired) electrons. The Hall–Kier alpha value is -2.23. The molecule has 9 heteroatoms. The first-order valence-electron chi connectivity index (χ1n) is 8.51. The second-order valence-corrected chi connectivity index (χ2v) is 9.81. The molecule has 1 atom stereocenters. The van der Waals surface area contributed by atoms with Crippen LogP contribution in [0.5, 0.6) is 0 Å². The second kappa shape index (κ2) is 8.85. The van der Waals surface area contributed by atoms with Crippen molar-refractivity contribution >= 4 is 56.0 Å². The van der Waals surface area contributed by atoms with Gasteiger partial charge in [-0.15, -0.1) is 0 Å². The van der Waals surface area contributed by atoms with Crippen molar-refractivity contribution in [2.75, 3.05) is 12.3 Å². The van der Waals surface area contributed by atoms with E-state index in [0.717, 1.165) is 11.0 Å². The number of thioether (sulfide) groups is 1. The molecule has 146 valence electrons. The highest BCUT2D eigenvalue weighted by Gasteiger charge is 2.32. The molecule has 1 aromatic carbocycles. The molecule has 1 aromatic rings. The Morgan fingerprint density at radius 1 is 1.32 bits per heavy atom. The Morgan fingerprint density at radius 3 is 2.75 bits per heavy atom. The van der Waals surface area contributed by atoms with Crippen molar-refractivity contribution in [1.29, 1.82) is 0 Å². The lowest BCUT2D eigenvalue weighted by Crippen LogP contribution is -2.38. The van der Waals surface area contributed by atoms with E-state index in [-0.39, 0.29) is 30.5 Å². The Bertz CT molecular complexity index is 982. The summed E-state index contributed by atoms with van der Waals surface area (Å²) in [6.45, 7) is 0.152. The van der Waals surface area contributed by atoms with Gasteiger partial charge in [-0.2, -0.15) is 0 Å². The molecule has 0 spiro atoms. The lowest BCUT2D eigenvalue weighted by Gasteiger charge is -2.15. The summed E-state index contributed by atoms with van der Waals surface area (Å²) in [6, 6.07) is 9.19. The number of carbonyl (C=O) groups is 2. The van der Waals surface area contributed by atoms with Gasteiger partial charge in [0.15, 0.2) is 9.84 Å². The first-order chi connectivity index (χ1) is 13.3. The van der Waals surface area contributed by atoms with Crippen LogP contribution in [0.3, 0.4) is 0 Å². The number of nitrogens with one attached hydrogen (secondary N) is 1. The first-order valence-corrected chi connectivity index (χ1v) is 11.5. The molecule has 1 saturated heterocycles. The molecular weight excluding hydrogens is 416 g/mol. The average Bonchev–Trinajstić information content (AvgIpc) is 3.12. The number of sulfone groups is 1. The molecule has 0 bridgehead atoms. The lowest BCUT2D eigenvalue weighted by atomic mass is 10.2. The molecule has 0 aliphatic carbocycles. The number of allylic oxidation sites excluding steroid dienone is 2. The van der Waals surface area contributed by atoms with E-state index in [0.29, 0.717) is 9.23 Å². The van der Waals surface area contributed by atoms with Gasteiger partial charge in [-0.25, -0.2) is 8.42 Å². The van der Waals surface area contributed by atoms with Crippen molar-refractivity contribution in [2.24, 2.45) is 0 Å². The molecule has 1 N–H and O–H groups in total. The highest BCUT2D eigenvalue weighted by atomic mass is 32.2. The van der Waals surface area contributed by atoms with E-state index in [2.05, 4.69) is 5.32 Å². The van der Waals surface area contributed by atoms with E-state index >= 15 is 0 Å². The topological polar surface area (TPSA) is 83.6 Å². The van der Waals surface area contributed by atoms with Gasteiger partial charge in [-0.1, -0.05) is 66.5 Å². The van der Waals surface area contributed by atoms with Crippen LogP contribution in [-0.2, 0) is 19.4 Å². The lowest BCUT2D eigenvalue weighted by molar-refractivity contribution is -0.124. The Kier molecular flexibility index (Phi) is 6.48. The van der Waals surface area contributed by atoms with Gasteiger partial charge >= 0.3 is 0 Å². The van der Waals surface area contributed by atoms with Crippen LogP contribution >= 0.6 is 24.0 Å².